The standard InChI is InChI=1S/C14H12F5N5OS/c1-6-23-24-11(25)9(10(14(17,18)19)22-12(24)26-6)7(3-20)4-21-5-8-2-13(8,15)16/h3-4,8,20-21H,2,5H2,1H3/b7-4+,20-3?. The van der Waals surface area contributed by atoms with Gasteiger partial charge in [-0.1, -0.05) is 11.3 Å². The summed E-state index contributed by atoms with van der Waals surface area (Å²) in [6, 6.07) is 0. The van der Waals surface area contributed by atoms with E-state index in [2.05, 4.69) is 15.4 Å². The van der Waals surface area contributed by atoms with Crippen molar-refractivity contribution in [2.75, 3.05) is 6.54 Å². The van der Waals surface area contributed by atoms with E-state index in [0.717, 1.165) is 22.1 Å². The highest BCUT2D eigenvalue weighted by atomic mass is 32.1. The molecule has 1 saturated carbocycles. The van der Waals surface area contributed by atoms with Crippen LogP contribution in [0.25, 0.3) is 10.5 Å². The first-order valence-electron chi connectivity index (χ1n) is 7.34. The molecule has 0 saturated heterocycles. The van der Waals surface area contributed by atoms with Gasteiger partial charge in [-0.05, 0) is 6.92 Å². The number of fused-ring (bicyclic) bond motifs is 1. The number of hydrogen-bond acceptors (Lipinski definition) is 6. The molecule has 0 bridgehead atoms. The number of aryl methyl sites for hydroxylation is 1. The number of halogens is 5. The molecule has 1 aliphatic carbocycles. The Balaban J connectivity index is 2.06. The summed E-state index contributed by atoms with van der Waals surface area (Å²) in [6.07, 6.45) is -3.76. The van der Waals surface area contributed by atoms with Crippen molar-refractivity contribution in [3.05, 3.63) is 32.8 Å². The molecule has 6 nitrogen and oxygen atoms in total. The van der Waals surface area contributed by atoms with Gasteiger partial charge in [-0.25, -0.2) is 13.8 Å². The minimum atomic E-state index is -4.94. The summed E-state index contributed by atoms with van der Waals surface area (Å²) in [5, 5.41) is 14.0. The fourth-order valence-corrected chi connectivity index (χ4v) is 3.13. The molecular weight excluding hydrogens is 381 g/mol. The van der Waals surface area contributed by atoms with Gasteiger partial charge < -0.3 is 10.7 Å². The topological polar surface area (TPSA) is 83.1 Å². The summed E-state index contributed by atoms with van der Waals surface area (Å²) in [4.78, 5) is 15.8. The van der Waals surface area contributed by atoms with E-state index < -0.39 is 40.4 Å². The molecule has 1 aliphatic rings. The van der Waals surface area contributed by atoms with Crippen LogP contribution in [0.2, 0.25) is 0 Å². The van der Waals surface area contributed by atoms with Crippen LogP contribution in [0.3, 0.4) is 0 Å². The van der Waals surface area contributed by atoms with Gasteiger partial charge in [-0.2, -0.15) is 22.8 Å². The third-order valence-electron chi connectivity index (χ3n) is 3.80. The quantitative estimate of drug-likeness (QED) is 0.605. The minimum Gasteiger partial charge on any atom is -0.390 e. The second kappa shape index (κ2) is 6.11. The Bertz CT molecular complexity index is 961. The molecule has 3 rings (SSSR count). The first-order valence-corrected chi connectivity index (χ1v) is 8.16. The lowest BCUT2D eigenvalue weighted by molar-refractivity contribution is -0.141. The van der Waals surface area contributed by atoms with Crippen LogP contribution in [0.4, 0.5) is 22.0 Å². The van der Waals surface area contributed by atoms with Crippen LogP contribution < -0.4 is 10.9 Å². The third kappa shape index (κ3) is 3.32. The van der Waals surface area contributed by atoms with E-state index in [-0.39, 0.29) is 17.9 Å². The van der Waals surface area contributed by atoms with Crippen molar-refractivity contribution >= 4 is 28.1 Å². The highest BCUT2D eigenvalue weighted by molar-refractivity contribution is 7.16. The maximum absolute atomic E-state index is 13.4. The molecule has 2 aromatic rings. The zero-order chi connectivity index (χ0) is 19.3. The molecule has 2 aromatic heterocycles. The van der Waals surface area contributed by atoms with Crippen LogP contribution in [0.1, 0.15) is 22.7 Å². The molecule has 26 heavy (non-hydrogen) atoms. The number of alkyl halides is 5. The lowest BCUT2D eigenvalue weighted by Crippen LogP contribution is -2.27. The van der Waals surface area contributed by atoms with E-state index in [4.69, 9.17) is 5.41 Å². The van der Waals surface area contributed by atoms with Crippen LogP contribution in [-0.2, 0) is 6.18 Å². The molecule has 140 valence electrons. The van der Waals surface area contributed by atoms with Gasteiger partial charge in [-0.3, -0.25) is 4.79 Å². The minimum absolute atomic E-state index is 0.182. The number of aromatic nitrogens is 3. The predicted molar refractivity (Wildman–Crippen MR) is 84.7 cm³/mol. The van der Waals surface area contributed by atoms with Gasteiger partial charge in [-0.15, -0.1) is 0 Å². The van der Waals surface area contributed by atoms with E-state index >= 15 is 0 Å². The first-order chi connectivity index (χ1) is 12.0. The molecule has 1 unspecified atom stereocenters. The van der Waals surface area contributed by atoms with E-state index in [1.807, 2.05) is 0 Å². The van der Waals surface area contributed by atoms with Crippen molar-refractivity contribution in [3.8, 4) is 0 Å². The Morgan fingerprint density at radius 3 is 2.69 bits per heavy atom. The van der Waals surface area contributed by atoms with Gasteiger partial charge in [0.05, 0.1) is 5.56 Å². The predicted octanol–water partition coefficient (Wildman–Crippen LogP) is 2.71. The average Bonchev–Trinajstić information content (AvgIpc) is 2.95. The molecule has 0 spiro atoms. The van der Waals surface area contributed by atoms with Crippen LogP contribution in [0.15, 0.2) is 11.0 Å². The molecule has 12 heteroatoms. The third-order valence-corrected chi connectivity index (χ3v) is 4.63. The molecule has 0 amide bonds. The smallest absolute Gasteiger partial charge is 0.390 e. The highest BCUT2D eigenvalue weighted by Crippen LogP contribution is 2.48. The van der Waals surface area contributed by atoms with Crippen LogP contribution >= 0.6 is 11.3 Å². The SMILES string of the molecule is Cc1nn2c(=O)c(/C(C=N)=C/NCC3CC3(F)F)c(C(F)(F)F)nc2s1. The Morgan fingerprint density at radius 1 is 1.50 bits per heavy atom. The second-order valence-electron chi connectivity index (χ2n) is 5.77. The fraction of sp³-hybridized carbons (Fsp3) is 0.429. The van der Waals surface area contributed by atoms with Crippen molar-refractivity contribution in [3.63, 3.8) is 0 Å². The summed E-state index contributed by atoms with van der Waals surface area (Å²) in [6.45, 7) is 1.33. The normalized spacial score (nSPS) is 19.6. The van der Waals surface area contributed by atoms with Crippen LogP contribution in [0.5, 0.6) is 0 Å². The van der Waals surface area contributed by atoms with Crippen molar-refractivity contribution in [2.45, 2.75) is 25.4 Å². The molecule has 2 heterocycles. The van der Waals surface area contributed by atoms with Gasteiger partial charge >= 0.3 is 6.18 Å². The largest absolute Gasteiger partial charge is 0.434 e. The molecule has 0 radical (unpaired) electrons. The summed E-state index contributed by atoms with van der Waals surface area (Å²) >= 11 is 0.820. The van der Waals surface area contributed by atoms with E-state index in [0.29, 0.717) is 11.2 Å². The molecule has 2 N–H and O–H groups in total. The Hall–Kier alpha value is -2.37. The lowest BCUT2D eigenvalue weighted by atomic mass is 10.1. The van der Waals surface area contributed by atoms with E-state index in [1.165, 1.54) is 6.92 Å². The Morgan fingerprint density at radius 2 is 2.15 bits per heavy atom. The van der Waals surface area contributed by atoms with E-state index in [9.17, 15) is 26.7 Å². The van der Waals surface area contributed by atoms with E-state index in [1.54, 1.807) is 0 Å². The van der Waals surface area contributed by atoms with Gasteiger partial charge in [0.15, 0.2) is 5.69 Å². The number of allylic oxidation sites excluding steroid dienone is 1. The summed E-state index contributed by atoms with van der Waals surface area (Å²) in [7, 11) is 0. The monoisotopic (exact) mass is 393 g/mol. The zero-order valence-corrected chi connectivity index (χ0v) is 14.0. The summed E-state index contributed by atoms with van der Waals surface area (Å²) < 4.78 is 66.6. The average molecular weight is 393 g/mol. The van der Waals surface area contributed by atoms with Crippen molar-refractivity contribution in [2.24, 2.45) is 5.92 Å². The first kappa shape index (κ1) is 18.4. The molecule has 1 atom stereocenters. The van der Waals surface area contributed by atoms with Crippen LogP contribution in [0, 0.1) is 18.3 Å². The number of nitrogens with zero attached hydrogens (tertiary/aromatic N) is 3. The number of hydrogen-bond donors (Lipinski definition) is 2. The van der Waals surface area contributed by atoms with Crippen LogP contribution in [-0.4, -0.2) is 33.3 Å². The Labute approximate surface area is 146 Å². The van der Waals surface area contributed by atoms with Gasteiger partial charge in [0.2, 0.25) is 4.96 Å². The second-order valence-corrected chi connectivity index (χ2v) is 6.93. The molecule has 0 aromatic carbocycles. The van der Waals surface area contributed by atoms with Crippen molar-refractivity contribution in [1.29, 1.82) is 5.41 Å². The highest BCUT2D eigenvalue weighted by Gasteiger charge is 2.56. The summed E-state index contributed by atoms with van der Waals surface area (Å²) in [5.74, 6) is -3.71. The lowest BCUT2D eigenvalue weighted by Gasteiger charge is -2.12. The van der Waals surface area contributed by atoms with Gasteiger partial charge in [0, 0.05) is 36.9 Å². The van der Waals surface area contributed by atoms with Crippen molar-refractivity contribution < 1.29 is 22.0 Å². The number of rotatable bonds is 5. The molecular formula is C14H12F5N5OS. The maximum atomic E-state index is 13.4. The zero-order valence-electron chi connectivity index (χ0n) is 13.2. The fourth-order valence-electron chi connectivity index (χ4n) is 2.39. The van der Waals surface area contributed by atoms with Gasteiger partial charge in [0.25, 0.3) is 11.5 Å². The molecule has 0 aliphatic heterocycles. The molecule has 1 fully saturated rings. The summed E-state index contributed by atoms with van der Waals surface area (Å²) in [5.41, 5.74) is -3.80. The number of nitrogens with one attached hydrogen (secondary N) is 2. The maximum Gasteiger partial charge on any atom is 0.434 e. The van der Waals surface area contributed by atoms with Crippen molar-refractivity contribution in [1.82, 2.24) is 19.9 Å². The Kier molecular flexibility index (Phi) is 4.33. The van der Waals surface area contributed by atoms with Gasteiger partial charge in [0.1, 0.15) is 5.01 Å².